The number of aliphatic hydroxyl groups excluding tert-OH is 1. The van der Waals surface area contributed by atoms with Gasteiger partial charge in [-0.15, -0.1) is 0 Å². The fourth-order valence-corrected chi connectivity index (χ4v) is 1.67. The highest BCUT2D eigenvalue weighted by molar-refractivity contribution is 6.29. The van der Waals surface area contributed by atoms with Crippen LogP contribution in [-0.2, 0) is 10.2 Å². The number of methoxy groups -OCH3 is 1. The van der Waals surface area contributed by atoms with Crippen LogP contribution in [0.3, 0.4) is 0 Å². The van der Waals surface area contributed by atoms with Crippen LogP contribution in [0.2, 0.25) is 5.15 Å². The Hall–Kier alpha value is -0.910. The fraction of sp³-hybridized carbons (Fsp3) is 0.692. The third-order valence-electron chi connectivity index (χ3n) is 2.51. The molecule has 0 aliphatic carbocycles. The van der Waals surface area contributed by atoms with Crippen molar-refractivity contribution < 1.29 is 9.84 Å². The molecule has 0 aliphatic rings. The summed E-state index contributed by atoms with van der Waals surface area (Å²) < 4.78 is 4.86. The van der Waals surface area contributed by atoms with Crippen LogP contribution in [0.5, 0.6) is 0 Å². The van der Waals surface area contributed by atoms with Gasteiger partial charge in [-0.05, 0) is 6.42 Å². The highest BCUT2D eigenvalue weighted by Crippen LogP contribution is 2.22. The summed E-state index contributed by atoms with van der Waals surface area (Å²) in [6.07, 6.45) is 0.109. The Morgan fingerprint density at radius 1 is 1.42 bits per heavy atom. The van der Waals surface area contributed by atoms with Crippen molar-refractivity contribution in [2.75, 3.05) is 25.6 Å². The molecule has 1 rings (SSSR count). The average Bonchev–Trinajstić information content (AvgIpc) is 2.27. The largest absolute Gasteiger partial charge is 0.391 e. The molecule has 19 heavy (non-hydrogen) atoms. The Morgan fingerprint density at radius 3 is 2.68 bits per heavy atom. The summed E-state index contributed by atoms with van der Waals surface area (Å²) in [5.74, 6) is 1.37. The van der Waals surface area contributed by atoms with Gasteiger partial charge in [0.2, 0.25) is 0 Å². The molecule has 1 unspecified atom stereocenters. The van der Waals surface area contributed by atoms with Crippen LogP contribution in [0.15, 0.2) is 6.07 Å². The number of halogens is 1. The molecule has 5 nitrogen and oxygen atoms in total. The average molecular weight is 288 g/mol. The van der Waals surface area contributed by atoms with E-state index in [2.05, 4.69) is 15.3 Å². The quantitative estimate of drug-likeness (QED) is 0.786. The van der Waals surface area contributed by atoms with Gasteiger partial charge >= 0.3 is 0 Å². The number of ether oxygens (including phenoxy) is 1. The van der Waals surface area contributed by atoms with Crippen molar-refractivity contribution >= 4 is 17.4 Å². The minimum Gasteiger partial charge on any atom is -0.391 e. The van der Waals surface area contributed by atoms with E-state index in [1.165, 1.54) is 0 Å². The van der Waals surface area contributed by atoms with E-state index in [9.17, 15) is 5.11 Å². The Labute approximate surface area is 119 Å². The number of rotatable bonds is 6. The summed E-state index contributed by atoms with van der Waals surface area (Å²) >= 11 is 5.99. The third kappa shape index (κ3) is 5.72. The molecule has 1 aromatic heterocycles. The van der Waals surface area contributed by atoms with Crippen molar-refractivity contribution in [3.63, 3.8) is 0 Å². The van der Waals surface area contributed by atoms with Crippen molar-refractivity contribution in [2.24, 2.45) is 0 Å². The molecule has 1 heterocycles. The predicted molar refractivity (Wildman–Crippen MR) is 76.7 cm³/mol. The highest BCUT2D eigenvalue weighted by Gasteiger charge is 2.18. The number of hydrogen-bond acceptors (Lipinski definition) is 5. The van der Waals surface area contributed by atoms with Gasteiger partial charge in [0, 0.05) is 25.1 Å². The topological polar surface area (TPSA) is 67.3 Å². The van der Waals surface area contributed by atoms with E-state index in [0.29, 0.717) is 36.4 Å². The molecular formula is C13H22ClN3O2. The minimum absolute atomic E-state index is 0.156. The molecule has 1 atom stereocenters. The molecule has 0 saturated heterocycles. The van der Waals surface area contributed by atoms with E-state index in [1.807, 2.05) is 20.8 Å². The number of nitrogens with one attached hydrogen (secondary N) is 1. The summed E-state index contributed by atoms with van der Waals surface area (Å²) in [6, 6.07) is 1.68. The van der Waals surface area contributed by atoms with E-state index in [4.69, 9.17) is 16.3 Å². The normalized spacial score (nSPS) is 13.4. The zero-order chi connectivity index (χ0) is 14.5. The zero-order valence-electron chi connectivity index (χ0n) is 11.9. The summed E-state index contributed by atoms with van der Waals surface area (Å²) in [6.45, 7) is 7.03. The summed E-state index contributed by atoms with van der Waals surface area (Å²) in [7, 11) is 1.57. The molecule has 0 aliphatic heterocycles. The summed E-state index contributed by atoms with van der Waals surface area (Å²) in [5.41, 5.74) is -0.156. The second-order valence-corrected chi connectivity index (χ2v) is 5.86. The monoisotopic (exact) mass is 287 g/mol. The van der Waals surface area contributed by atoms with Crippen LogP contribution in [0.1, 0.15) is 33.0 Å². The molecule has 0 fully saturated rings. The van der Waals surface area contributed by atoms with Crippen molar-refractivity contribution in [2.45, 2.75) is 38.7 Å². The number of nitrogens with zero attached hydrogens (tertiary/aromatic N) is 2. The first-order valence-electron chi connectivity index (χ1n) is 6.29. The van der Waals surface area contributed by atoms with Crippen molar-refractivity contribution in [1.29, 1.82) is 0 Å². The molecule has 2 N–H and O–H groups in total. The molecule has 0 bridgehead atoms. The molecular weight excluding hydrogens is 266 g/mol. The van der Waals surface area contributed by atoms with Gasteiger partial charge in [0.1, 0.15) is 16.8 Å². The number of aliphatic hydroxyl groups is 1. The first kappa shape index (κ1) is 16.1. The van der Waals surface area contributed by atoms with Crippen molar-refractivity contribution in [3.05, 3.63) is 17.0 Å². The molecule has 6 heteroatoms. The van der Waals surface area contributed by atoms with Gasteiger partial charge in [-0.1, -0.05) is 32.4 Å². The van der Waals surface area contributed by atoms with Crippen molar-refractivity contribution in [3.8, 4) is 0 Å². The van der Waals surface area contributed by atoms with Crippen LogP contribution in [-0.4, -0.2) is 41.4 Å². The maximum atomic E-state index is 9.54. The lowest BCUT2D eigenvalue weighted by Gasteiger charge is -2.18. The highest BCUT2D eigenvalue weighted by atomic mass is 35.5. The molecule has 0 saturated carbocycles. The van der Waals surface area contributed by atoms with Crippen LogP contribution in [0.4, 0.5) is 5.82 Å². The molecule has 0 spiro atoms. The van der Waals surface area contributed by atoms with E-state index in [0.717, 1.165) is 0 Å². The number of aromatic nitrogens is 2. The van der Waals surface area contributed by atoms with Crippen LogP contribution < -0.4 is 5.32 Å². The maximum absolute atomic E-state index is 9.54. The van der Waals surface area contributed by atoms with E-state index < -0.39 is 6.10 Å². The predicted octanol–water partition coefficient (Wildman–Crippen LogP) is 2.24. The van der Waals surface area contributed by atoms with Crippen LogP contribution in [0, 0.1) is 0 Å². The van der Waals surface area contributed by atoms with Gasteiger partial charge in [-0.25, -0.2) is 9.97 Å². The molecule has 0 radical (unpaired) electrons. The number of hydrogen-bond donors (Lipinski definition) is 2. The van der Waals surface area contributed by atoms with E-state index in [-0.39, 0.29) is 5.41 Å². The van der Waals surface area contributed by atoms with Gasteiger partial charge in [0.15, 0.2) is 0 Å². The Balaban J connectivity index is 2.61. The summed E-state index contributed by atoms with van der Waals surface area (Å²) in [4.78, 5) is 8.65. The number of anilines is 1. The first-order valence-corrected chi connectivity index (χ1v) is 6.66. The lowest BCUT2D eigenvalue weighted by atomic mass is 9.96. The van der Waals surface area contributed by atoms with Gasteiger partial charge in [0.05, 0.1) is 12.7 Å². The Morgan fingerprint density at radius 2 is 2.11 bits per heavy atom. The smallest absolute Gasteiger partial charge is 0.137 e. The lowest BCUT2D eigenvalue weighted by molar-refractivity contribution is 0.0615. The Kier molecular flexibility index (Phi) is 5.97. The Bertz CT molecular complexity index is 407. The van der Waals surface area contributed by atoms with Crippen LogP contribution in [0.25, 0.3) is 0 Å². The third-order valence-corrected chi connectivity index (χ3v) is 2.70. The fourth-order valence-electron chi connectivity index (χ4n) is 1.49. The van der Waals surface area contributed by atoms with Gasteiger partial charge in [-0.2, -0.15) is 0 Å². The van der Waals surface area contributed by atoms with Gasteiger partial charge in [0.25, 0.3) is 0 Å². The second-order valence-electron chi connectivity index (χ2n) is 5.47. The van der Waals surface area contributed by atoms with Gasteiger partial charge in [-0.3, -0.25) is 0 Å². The second kappa shape index (κ2) is 7.03. The van der Waals surface area contributed by atoms with Gasteiger partial charge < -0.3 is 15.2 Å². The SMILES string of the molecule is COCC(O)CCNc1cc(Cl)nc(C(C)(C)C)n1. The van der Waals surface area contributed by atoms with Crippen LogP contribution >= 0.6 is 11.6 Å². The lowest BCUT2D eigenvalue weighted by Crippen LogP contribution is -2.20. The summed E-state index contributed by atoms with van der Waals surface area (Å²) in [5, 5.41) is 13.1. The standard InChI is InChI=1S/C13H22ClN3O2/c1-13(2,3)12-16-10(14)7-11(17-12)15-6-5-9(18)8-19-4/h7,9,18H,5-6,8H2,1-4H3,(H,15,16,17). The van der Waals surface area contributed by atoms with E-state index in [1.54, 1.807) is 13.2 Å². The molecule has 1 aromatic rings. The molecule has 0 aromatic carbocycles. The minimum atomic E-state index is -0.475. The van der Waals surface area contributed by atoms with Crippen molar-refractivity contribution in [1.82, 2.24) is 9.97 Å². The molecule has 0 amide bonds. The maximum Gasteiger partial charge on any atom is 0.137 e. The zero-order valence-corrected chi connectivity index (χ0v) is 12.7. The van der Waals surface area contributed by atoms with E-state index >= 15 is 0 Å². The first-order chi connectivity index (χ1) is 8.82. The molecule has 108 valence electrons.